The van der Waals surface area contributed by atoms with Crippen LogP contribution in [-0.2, 0) is 14.3 Å². The van der Waals surface area contributed by atoms with Crippen LogP contribution >= 0.6 is 0 Å². The van der Waals surface area contributed by atoms with Crippen molar-refractivity contribution >= 4 is 11.9 Å². The Balaban J connectivity index is 1.52. The first kappa shape index (κ1) is 19.2. The first-order valence-electron chi connectivity index (χ1n) is 9.77. The molecule has 0 heterocycles. The van der Waals surface area contributed by atoms with Crippen molar-refractivity contribution in [2.45, 2.75) is 44.6 Å². The number of benzene rings is 2. The van der Waals surface area contributed by atoms with Gasteiger partial charge in [0.1, 0.15) is 0 Å². The zero-order chi connectivity index (χ0) is 18.9. The third kappa shape index (κ3) is 5.95. The van der Waals surface area contributed by atoms with E-state index in [2.05, 4.69) is 5.32 Å². The van der Waals surface area contributed by atoms with Crippen LogP contribution in [0.25, 0.3) is 0 Å². The summed E-state index contributed by atoms with van der Waals surface area (Å²) in [6, 6.07) is 19.3. The van der Waals surface area contributed by atoms with E-state index >= 15 is 0 Å². The Hall–Kier alpha value is -2.62. The topological polar surface area (TPSA) is 55.4 Å². The first-order chi connectivity index (χ1) is 13.2. The van der Waals surface area contributed by atoms with Gasteiger partial charge in [-0.05, 0) is 23.5 Å². The molecule has 4 heteroatoms. The second-order valence-electron chi connectivity index (χ2n) is 7.17. The molecule has 1 fully saturated rings. The molecule has 1 saturated carbocycles. The minimum atomic E-state index is -0.290. The molecule has 2 aromatic carbocycles. The molecule has 0 aromatic heterocycles. The van der Waals surface area contributed by atoms with E-state index in [0.717, 1.165) is 17.5 Å². The summed E-state index contributed by atoms with van der Waals surface area (Å²) in [4.78, 5) is 24.3. The molecule has 0 bridgehead atoms. The van der Waals surface area contributed by atoms with Gasteiger partial charge in [-0.3, -0.25) is 9.59 Å². The second-order valence-corrected chi connectivity index (χ2v) is 7.17. The molecular formula is C23H27NO3. The average molecular weight is 365 g/mol. The van der Waals surface area contributed by atoms with E-state index in [1.807, 2.05) is 60.7 Å². The Kier molecular flexibility index (Phi) is 7.03. The molecule has 0 atom stereocenters. The van der Waals surface area contributed by atoms with E-state index in [9.17, 15) is 9.59 Å². The lowest BCUT2D eigenvalue weighted by molar-refractivity contribution is -0.149. The lowest BCUT2D eigenvalue weighted by Crippen LogP contribution is -2.33. The minimum absolute atomic E-state index is 0.236. The molecule has 0 saturated heterocycles. The standard InChI is InChI=1S/C23H27NO3/c25-21(17-27-22(26)16-15-18-9-7-8-10-18)24-23(19-11-3-1-4-12-19)20-13-5-2-6-14-20/h1-6,11-14,18,23H,7-10,15-17H2,(H,24,25). The molecule has 142 valence electrons. The fourth-order valence-electron chi connectivity index (χ4n) is 3.69. The van der Waals surface area contributed by atoms with Crippen molar-refractivity contribution in [1.29, 1.82) is 0 Å². The third-order valence-corrected chi connectivity index (χ3v) is 5.17. The molecule has 4 nitrogen and oxygen atoms in total. The van der Waals surface area contributed by atoms with Crippen LogP contribution in [-0.4, -0.2) is 18.5 Å². The van der Waals surface area contributed by atoms with Crippen molar-refractivity contribution in [3.8, 4) is 0 Å². The summed E-state index contributed by atoms with van der Waals surface area (Å²) in [6.45, 7) is -0.236. The summed E-state index contributed by atoms with van der Waals surface area (Å²) in [5.74, 6) is 0.0712. The van der Waals surface area contributed by atoms with Crippen LogP contribution in [0, 0.1) is 5.92 Å². The fourth-order valence-corrected chi connectivity index (χ4v) is 3.69. The maximum absolute atomic E-state index is 12.4. The molecule has 0 radical (unpaired) electrons. The van der Waals surface area contributed by atoms with Crippen molar-refractivity contribution < 1.29 is 14.3 Å². The van der Waals surface area contributed by atoms with Crippen molar-refractivity contribution in [2.75, 3.05) is 6.61 Å². The summed E-state index contributed by atoms with van der Waals surface area (Å²) in [6.07, 6.45) is 6.23. The molecule has 27 heavy (non-hydrogen) atoms. The highest BCUT2D eigenvalue weighted by Gasteiger charge is 2.19. The molecule has 1 N–H and O–H groups in total. The van der Waals surface area contributed by atoms with E-state index in [0.29, 0.717) is 12.3 Å². The summed E-state index contributed by atoms with van der Waals surface area (Å²) >= 11 is 0. The van der Waals surface area contributed by atoms with Gasteiger partial charge in [-0.2, -0.15) is 0 Å². The molecule has 0 spiro atoms. The van der Waals surface area contributed by atoms with Crippen LogP contribution < -0.4 is 5.32 Å². The molecule has 0 unspecified atom stereocenters. The number of carbonyl (C=O) groups is 2. The van der Waals surface area contributed by atoms with Gasteiger partial charge < -0.3 is 10.1 Å². The largest absolute Gasteiger partial charge is 0.456 e. The predicted molar refractivity (Wildman–Crippen MR) is 105 cm³/mol. The number of rotatable bonds is 8. The van der Waals surface area contributed by atoms with Gasteiger partial charge in [0.15, 0.2) is 6.61 Å². The predicted octanol–water partition coefficient (Wildman–Crippen LogP) is 4.41. The van der Waals surface area contributed by atoms with Crippen LogP contribution in [0.1, 0.15) is 55.7 Å². The first-order valence-corrected chi connectivity index (χ1v) is 9.77. The van der Waals surface area contributed by atoms with E-state index in [1.54, 1.807) is 0 Å². The number of carbonyl (C=O) groups excluding carboxylic acids is 2. The lowest BCUT2D eigenvalue weighted by atomic mass is 9.99. The number of hydrogen-bond donors (Lipinski definition) is 1. The molecule has 1 aliphatic carbocycles. The van der Waals surface area contributed by atoms with Gasteiger partial charge >= 0.3 is 5.97 Å². The number of nitrogens with one attached hydrogen (secondary N) is 1. The van der Waals surface area contributed by atoms with Crippen LogP contribution in [0.4, 0.5) is 0 Å². The maximum Gasteiger partial charge on any atom is 0.306 e. The van der Waals surface area contributed by atoms with Gasteiger partial charge in [0.25, 0.3) is 5.91 Å². The number of amides is 1. The van der Waals surface area contributed by atoms with Gasteiger partial charge in [-0.15, -0.1) is 0 Å². The summed E-state index contributed by atoms with van der Waals surface area (Å²) in [7, 11) is 0. The van der Waals surface area contributed by atoms with Crippen molar-refractivity contribution in [2.24, 2.45) is 5.92 Å². The highest BCUT2D eigenvalue weighted by molar-refractivity contribution is 5.81. The van der Waals surface area contributed by atoms with Crippen LogP contribution in [0.5, 0.6) is 0 Å². The third-order valence-electron chi connectivity index (χ3n) is 5.17. The smallest absolute Gasteiger partial charge is 0.306 e. The molecular weight excluding hydrogens is 338 g/mol. The molecule has 1 aliphatic rings. The highest BCUT2D eigenvalue weighted by Crippen LogP contribution is 2.28. The van der Waals surface area contributed by atoms with Crippen molar-refractivity contribution in [3.05, 3.63) is 71.8 Å². The fraction of sp³-hybridized carbons (Fsp3) is 0.391. The monoisotopic (exact) mass is 365 g/mol. The van der Waals surface area contributed by atoms with Crippen LogP contribution in [0.3, 0.4) is 0 Å². The van der Waals surface area contributed by atoms with E-state index < -0.39 is 0 Å². The van der Waals surface area contributed by atoms with Crippen LogP contribution in [0.15, 0.2) is 60.7 Å². The highest BCUT2D eigenvalue weighted by atomic mass is 16.5. The second kappa shape index (κ2) is 9.91. The molecule has 3 rings (SSSR count). The van der Waals surface area contributed by atoms with Gasteiger partial charge in [0.2, 0.25) is 0 Å². The molecule has 2 aromatic rings. The van der Waals surface area contributed by atoms with Gasteiger partial charge in [0, 0.05) is 6.42 Å². The lowest BCUT2D eigenvalue weighted by Gasteiger charge is -2.20. The summed E-state index contributed by atoms with van der Waals surface area (Å²) in [5, 5.41) is 2.99. The minimum Gasteiger partial charge on any atom is -0.456 e. The van der Waals surface area contributed by atoms with Crippen molar-refractivity contribution in [1.82, 2.24) is 5.32 Å². The quantitative estimate of drug-likeness (QED) is 0.705. The van der Waals surface area contributed by atoms with Gasteiger partial charge in [-0.1, -0.05) is 86.3 Å². The van der Waals surface area contributed by atoms with Crippen LogP contribution in [0.2, 0.25) is 0 Å². The normalized spacial score (nSPS) is 14.3. The van der Waals surface area contributed by atoms with E-state index in [1.165, 1.54) is 25.7 Å². The zero-order valence-corrected chi connectivity index (χ0v) is 15.6. The molecule has 0 aliphatic heterocycles. The Bertz CT molecular complexity index is 684. The van der Waals surface area contributed by atoms with Gasteiger partial charge in [0.05, 0.1) is 6.04 Å². The van der Waals surface area contributed by atoms with E-state index in [4.69, 9.17) is 4.74 Å². The Morgan fingerprint density at radius 3 is 2.04 bits per heavy atom. The molecule has 1 amide bonds. The number of hydrogen-bond acceptors (Lipinski definition) is 3. The Morgan fingerprint density at radius 1 is 0.926 bits per heavy atom. The Morgan fingerprint density at radius 2 is 1.48 bits per heavy atom. The Labute approximate surface area is 160 Å². The van der Waals surface area contributed by atoms with E-state index in [-0.39, 0.29) is 24.5 Å². The van der Waals surface area contributed by atoms with Gasteiger partial charge in [-0.25, -0.2) is 0 Å². The summed E-state index contributed by atoms with van der Waals surface area (Å²) < 4.78 is 5.19. The van der Waals surface area contributed by atoms with Crippen molar-refractivity contribution in [3.63, 3.8) is 0 Å². The average Bonchev–Trinajstić information content (AvgIpc) is 3.24. The zero-order valence-electron chi connectivity index (χ0n) is 15.6. The SMILES string of the molecule is O=C(COC(=O)CCC1CCCC1)NC(c1ccccc1)c1ccccc1. The maximum atomic E-state index is 12.4. The number of esters is 1. The number of ether oxygens (including phenoxy) is 1. The summed E-state index contributed by atoms with van der Waals surface area (Å²) in [5.41, 5.74) is 1.98.